The van der Waals surface area contributed by atoms with Gasteiger partial charge in [0.2, 0.25) is 5.91 Å². The largest absolute Gasteiger partial charge is 0.481 e. The molecule has 3 rings (SSSR count). The molecule has 1 amide bonds. The molecule has 19 heteroatoms. The van der Waals surface area contributed by atoms with Crippen molar-refractivity contribution in [2.45, 2.75) is 60.9 Å². The van der Waals surface area contributed by atoms with Crippen LogP contribution in [0.4, 0.5) is 17.6 Å². The van der Waals surface area contributed by atoms with Gasteiger partial charge in [-0.1, -0.05) is 0 Å². The van der Waals surface area contributed by atoms with Crippen LogP contribution < -0.4 is 5.32 Å². The zero-order chi connectivity index (χ0) is 30.2. The fourth-order valence-electron chi connectivity index (χ4n) is 5.01. The van der Waals surface area contributed by atoms with Crippen molar-refractivity contribution in [1.29, 1.82) is 0 Å². The van der Waals surface area contributed by atoms with Crippen LogP contribution in [0.25, 0.3) is 0 Å². The van der Waals surface area contributed by atoms with Crippen LogP contribution in [0.15, 0.2) is 0 Å². The van der Waals surface area contributed by atoms with Crippen LogP contribution in [0.3, 0.4) is 0 Å². The molecule has 0 aromatic heterocycles. The summed E-state index contributed by atoms with van der Waals surface area (Å²) in [6.07, 6.45) is -8.60. The van der Waals surface area contributed by atoms with Crippen LogP contribution in [0.5, 0.6) is 0 Å². The number of carboxylic acid groups (broad SMARTS) is 3. The number of halogens is 4. The molecule has 3 aliphatic rings. The minimum atomic E-state index is -4.44. The van der Waals surface area contributed by atoms with E-state index in [0.29, 0.717) is 0 Å². The van der Waals surface area contributed by atoms with Crippen molar-refractivity contribution in [2.75, 3.05) is 13.2 Å². The molecule has 224 valence electrons. The number of aliphatic carboxylic acids is 3. The first-order chi connectivity index (χ1) is 17.8. The van der Waals surface area contributed by atoms with Gasteiger partial charge in [-0.25, -0.2) is 4.79 Å². The molecule has 0 radical (unpaired) electrons. The third-order valence-electron chi connectivity index (χ3n) is 6.99. The predicted molar refractivity (Wildman–Crippen MR) is 110 cm³/mol. The first kappa shape index (κ1) is 32.5. The minimum Gasteiger partial charge on any atom is -0.481 e. The summed E-state index contributed by atoms with van der Waals surface area (Å²) in [4.78, 5) is 43.6. The van der Waals surface area contributed by atoms with Crippen molar-refractivity contribution in [2.24, 2.45) is 23.7 Å². The van der Waals surface area contributed by atoms with Crippen LogP contribution >= 0.6 is 0 Å². The van der Waals surface area contributed by atoms with Crippen molar-refractivity contribution in [1.82, 2.24) is 5.32 Å². The smallest absolute Gasteiger partial charge is 0.364 e. The Bertz CT molecular complexity index is 933. The van der Waals surface area contributed by atoms with E-state index in [-0.39, 0.29) is 0 Å². The first-order valence-electron chi connectivity index (χ1n) is 11.2. The molecule has 2 aliphatic carbocycles. The minimum absolute atomic E-state index is 0.675. The van der Waals surface area contributed by atoms with Gasteiger partial charge in [-0.3, -0.25) is 14.4 Å². The number of ether oxygens (including phenoxy) is 1. The molecule has 0 aromatic rings. The fourth-order valence-corrected chi connectivity index (χ4v) is 5.01. The SMILES string of the molecule is O=C(CO)N[C@H]1[C@H]([C@H](O)[C@H](O)CO)O[C@](O)(C(=O)O)C[C@@H]1O.O=C(O)C1CC(C(=O)O)C2C1C(F)(F)C2(F)F. The summed E-state index contributed by atoms with van der Waals surface area (Å²) in [6, 6.07) is -1.42. The van der Waals surface area contributed by atoms with E-state index in [1.54, 1.807) is 0 Å². The number of aliphatic hydroxyl groups excluding tert-OH is 5. The average Bonchev–Trinajstić information content (AvgIpc) is 3.26. The summed E-state index contributed by atoms with van der Waals surface area (Å²) in [5.74, 6) is -25.5. The molecular weight excluding hydrogens is 554 g/mol. The molecule has 0 aromatic carbocycles. The second kappa shape index (κ2) is 11.4. The second-order valence-electron chi connectivity index (χ2n) is 9.36. The summed E-state index contributed by atoms with van der Waals surface area (Å²) in [5.41, 5.74) is 0. The molecule has 4 unspecified atom stereocenters. The van der Waals surface area contributed by atoms with Crippen LogP contribution in [0.2, 0.25) is 0 Å². The van der Waals surface area contributed by atoms with Gasteiger partial charge in [-0.15, -0.1) is 0 Å². The summed E-state index contributed by atoms with van der Waals surface area (Å²) in [7, 11) is 0. The summed E-state index contributed by atoms with van der Waals surface area (Å²) in [5, 5.41) is 84.9. The molecule has 39 heavy (non-hydrogen) atoms. The van der Waals surface area contributed by atoms with Crippen LogP contribution in [-0.4, -0.2) is 131 Å². The molecule has 0 spiro atoms. The number of hydrogen-bond donors (Lipinski definition) is 10. The highest BCUT2D eigenvalue weighted by Crippen LogP contribution is 2.69. The zero-order valence-electron chi connectivity index (χ0n) is 19.6. The lowest BCUT2D eigenvalue weighted by atomic mass is 9.63. The molecule has 15 nitrogen and oxygen atoms in total. The third-order valence-corrected chi connectivity index (χ3v) is 6.99. The number of aliphatic hydroxyl groups is 6. The Kier molecular flexibility index (Phi) is 9.54. The number of carbonyl (C=O) groups excluding carboxylic acids is 1. The zero-order valence-corrected chi connectivity index (χ0v) is 19.6. The number of carboxylic acids is 3. The number of fused-ring (bicyclic) bond motifs is 1. The predicted octanol–water partition coefficient (Wildman–Crippen LogP) is -3.59. The Balaban J connectivity index is 0.000000282. The van der Waals surface area contributed by atoms with E-state index >= 15 is 0 Å². The number of nitrogens with one attached hydrogen (secondary N) is 1. The van der Waals surface area contributed by atoms with Gasteiger partial charge in [0.05, 0.1) is 42.4 Å². The summed E-state index contributed by atoms with van der Waals surface area (Å²) in [6.45, 7) is -1.86. The first-order valence-corrected chi connectivity index (χ1v) is 11.2. The number of alkyl halides is 4. The number of rotatable bonds is 8. The lowest BCUT2D eigenvalue weighted by Crippen LogP contribution is -2.68. The van der Waals surface area contributed by atoms with E-state index in [0.717, 1.165) is 0 Å². The highest BCUT2D eigenvalue weighted by atomic mass is 19.3. The highest BCUT2D eigenvalue weighted by Gasteiger charge is 2.85. The Morgan fingerprint density at radius 3 is 1.74 bits per heavy atom. The normalized spacial score (nSPS) is 37.6. The number of amides is 1. The third kappa shape index (κ3) is 5.79. The maximum atomic E-state index is 13.1. The van der Waals surface area contributed by atoms with Gasteiger partial charge in [-0.05, 0) is 6.42 Å². The Labute approximate surface area is 215 Å². The molecule has 2 saturated carbocycles. The van der Waals surface area contributed by atoms with Crippen molar-refractivity contribution in [3.8, 4) is 0 Å². The molecule has 10 atom stereocenters. The van der Waals surface area contributed by atoms with E-state index in [1.165, 1.54) is 0 Å². The van der Waals surface area contributed by atoms with E-state index in [9.17, 15) is 57.2 Å². The molecule has 1 aliphatic heterocycles. The Morgan fingerprint density at radius 2 is 1.38 bits per heavy atom. The molecule has 1 saturated heterocycles. The van der Waals surface area contributed by atoms with Gasteiger partial charge in [0.1, 0.15) is 24.9 Å². The van der Waals surface area contributed by atoms with Gasteiger partial charge >= 0.3 is 29.8 Å². The van der Waals surface area contributed by atoms with Crippen LogP contribution in [0.1, 0.15) is 12.8 Å². The van der Waals surface area contributed by atoms with Crippen LogP contribution in [-0.2, 0) is 23.9 Å². The van der Waals surface area contributed by atoms with Gasteiger partial charge in [0.15, 0.2) is 0 Å². The summed E-state index contributed by atoms with van der Waals surface area (Å²) < 4.78 is 57.3. The second-order valence-corrected chi connectivity index (χ2v) is 9.36. The highest BCUT2D eigenvalue weighted by molar-refractivity contribution is 5.78. The maximum absolute atomic E-state index is 13.1. The lowest BCUT2D eigenvalue weighted by molar-refractivity contribution is -0.355. The van der Waals surface area contributed by atoms with Gasteiger partial charge in [-0.2, -0.15) is 17.6 Å². The van der Waals surface area contributed by atoms with Gasteiger partial charge in [0.25, 0.3) is 5.79 Å². The molecule has 1 heterocycles. The Morgan fingerprint density at radius 1 is 0.923 bits per heavy atom. The summed E-state index contributed by atoms with van der Waals surface area (Å²) >= 11 is 0. The van der Waals surface area contributed by atoms with E-state index in [1.807, 2.05) is 0 Å². The van der Waals surface area contributed by atoms with Crippen molar-refractivity contribution in [3.63, 3.8) is 0 Å². The van der Waals surface area contributed by atoms with E-state index in [2.05, 4.69) is 5.32 Å². The van der Waals surface area contributed by atoms with E-state index in [4.69, 9.17) is 30.3 Å². The lowest BCUT2D eigenvalue weighted by Gasteiger charge is -2.49. The molecular formula is C20H27F4NO14. The quantitative estimate of drug-likeness (QED) is 0.124. The number of carbonyl (C=O) groups is 4. The van der Waals surface area contributed by atoms with Crippen LogP contribution in [0, 0.1) is 23.7 Å². The molecule has 10 N–H and O–H groups in total. The fraction of sp³-hybridized carbons (Fsp3) is 0.800. The van der Waals surface area contributed by atoms with E-state index < -0.39 is 122 Å². The molecule has 0 bridgehead atoms. The van der Waals surface area contributed by atoms with Gasteiger partial charge < -0.3 is 56.0 Å². The van der Waals surface area contributed by atoms with Gasteiger partial charge in [0, 0.05) is 6.42 Å². The standard InChI is InChI=1S/C11H19NO10.C9H8F4O4/c13-2-5(16)8(18)9-7(12-6(17)3-14)4(15)1-11(21,22-9)10(19)20;10-8(11)4-2(6(14)15)1-3(7(16)17)5(4)9(8,12)13/h4-5,7-9,13-16,18,21H,1-3H2,(H,12,17)(H,19,20);2-5H,1H2,(H,14,15)(H,16,17)/t4-,5+,7+,8+,9+,11-;/m0./s1. The Hall–Kier alpha value is -2.68. The topological polar surface area (TPSA) is 272 Å². The monoisotopic (exact) mass is 581 g/mol. The average molecular weight is 581 g/mol. The number of hydrogen-bond acceptors (Lipinski definition) is 11. The van der Waals surface area contributed by atoms with Crippen molar-refractivity contribution < 1.29 is 87.4 Å². The van der Waals surface area contributed by atoms with Crippen molar-refractivity contribution >= 4 is 23.8 Å². The maximum Gasteiger partial charge on any atom is 0.364 e. The van der Waals surface area contributed by atoms with Crippen molar-refractivity contribution in [3.05, 3.63) is 0 Å². The molecule has 3 fully saturated rings.